The second-order valence-electron chi connectivity index (χ2n) is 7.88. The van der Waals surface area contributed by atoms with Gasteiger partial charge in [0.25, 0.3) is 5.91 Å². The number of fused-ring (bicyclic) bond motifs is 3. The number of carboxylic acid groups (broad SMARTS) is 1. The van der Waals surface area contributed by atoms with Gasteiger partial charge in [0.1, 0.15) is 6.61 Å². The van der Waals surface area contributed by atoms with Gasteiger partial charge in [0, 0.05) is 12.5 Å². The third kappa shape index (κ3) is 4.65. The average Bonchev–Trinajstić information content (AvgIpc) is 3.38. The van der Waals surface area contributed by atoms with Gasteiger partial charge in [-0.05, 0) is 28.7 Å². The van der Waals surface area contributed by atoms with E-state index in [9.17, 15) is 23.2 Å². The van der Waals surface area contributed by atoms with Crippen molar-refractivity contribution in [1.29, 1.82) is 0 Å². The van der Waals surface area contributed by atoms with Gasteiger partial charge in [-0.1, -0.05) is 48.5 Å². The SMILES string of the molecule is O=C(N[C@H]1CCO[C@H]1C(=O)NCC(F)(F)C(=O)O)OCC1c2ccccc2-c2ccccc21. The molecule has 1 aliphatic carbocycles. The summed E-state index contributed by atoms with van der Waals surface area (Å²) in [6.45, 7) is -1.17. The molecule has 8 nitrogen and oxygen atoms in total. The number of nitrogens with one attached hydrogen (secondary N) is 2. The molecule has 1 aliphatic heterocycles. The summed E-state index contributed by atoms with van der Waals surface area (Å²) in [5.74, 6) is -7.52. The Balaban J connectivity index is 1.34. The Bertz CT molecular complexity index is 1030. The van der Waals surface area contributed by atoms with Crippen molar-refractivity contribution in [2.75, 3.05) is 19.8 Å². The smallest absolute Gasteiger partial charge is 0.407 e. The standard InChI is InChI=1S/C23H22F2N2O6/c24-23(25,21(29)30)12-26-20(28)19-18(9-10-32-19)27-22(31)33-11-17-15-7-3-1-5-13(15)14-6-2-4-8-16(14)17/h1-8,17-19H,9-12H2,(H,26,28)(H,27,31)(H,29,30)/t18-,19+/m0/s1. The second kappa shape index (κ2) is 9.14. The molecule has 0 spiro atoms. The molecule has 0 bridgehead atoms. The summed E-state index contributed by atoms with van der Waals surface area (Å²) in [6.07, 6.45) is -1.71. The summed E-state index contributed by atoms with van der Waals surface area (Å²) >= 11 is 0. The number of carbonyl (C=O) groups excluding carboxylic acids is 2. The first-order valence-corrected chi connectivity index (χ1v) is 10.4. The Kier molecular flexibility index (Phi) is 6.28. The van der Waals surface area contributed by atoms with Crippen molar-refractivity contribution < 1.29 is 37.7 Å². The monoisotopic (exact) mass is 460 g/mol. The van der Waals surface area contributed by atoms with Crippen molar-refractivity contribution >= 4 is 18.0 Å². The van der Waals surface area contributed by atoms with E-state index in [2.05, 4.69) is 5.32 Å². The van der Waals surface area contributed by atoms with Crippen molar-refractivity contribution in [2.24, 2.45) is 0 Å². The van der Waals surface area contributed by atoms with Crippen LogP contribution in [0.15, 0.2) is 48.5 Å². The number of rotatable bonds is 7. The third-order valence-electron chi connectivity index (χ3n) is 5.79. The highest BCUT2D eigenvalue weighted by Crippen LogP contribution is 2.44. The Hall–Kier alpha value is -3.53. The molecule has 1 saturated heterocycles. The van der Waals surface area contributed by atoms with Gasteiger partial charge in [0.15, 0.2) is 6.10 Å². The maximum Gasteiger partial charge on any atom is 0.407 e. The zero-order chi connectivity index (χ0) is 23.6. The van der Waals surface area contributed by atoms with Crippen LogP contribution >= 0.6 is 0 Å². The number of amides is 2. The van der Waals surface area contributed by atoms with E-state index in [1.54, 1.807) is 0 Å². The number of halogens is 2. The van der Waals surface area contributed by atoms with Gasteiger partial charge in [0.2, 0.25) is 0 Å². The van der Waals surface area contributed by atoms with Crippen molar-refractivity contribution in [3.8, 4) is 11.1 Å². The van der Waals surface area contributed by atoms with Crippen LogP contribution in [0.4, 0.5) is 13.6 Å². The lowest BCUT2D eigenvalue weighted by molar-refractivity contribution is -0.164. The van der Waals surface area contributed by atoms with E-state index in [0.717, 1.165) is 22.3 Å². The third-order valence-corrected chi connectivity index (χ3v) is 5.79. The first kappa shape index (κ1) is 22.7. The summed E-state index contributed by atoms with van der Waals surface area (Å²) in [5.41, 5.74) is 4.27. The van der Waals surface area contributed by atoms with Crippen LogP contribution in [0.1, 0.15) is 23.5 Å². The van der Waals surface area contributed by atoms with Gasteiger partial charge in [-0.2, -0.15) is 8.78 Å². The van der Waals surface area contributed by atoms with Crippen LogP contribution in [0.25, 0.3) is 11.1 Å². The minimum Gasteiger partial charge on any atom is -0.477 e. The fourth-order valence-corrected chi connectivity index (χ4v) is 4.16. The number of alkyl halides is 2. The molecule has 2 amide bonds. The van der Waals surface area contributed by atoms with E-state index in [-0.39, 0.29) is 25.6 Å². The molecule has 4 rings (SSSR count). The predicted molar refractivity (Wildman–Crippen MR) is 112 cm³/mol. The predicted octanol–water partition coefficient (Wildman–Crippen LogP) is 2.52. The quantitative estimate of drug-likeness (QED) is 0.585. The lowest BCUT2D eigenvalue weighted by Crippen LogP contribution is -2.51. The summed E-state index contributed by atoms with van der Waals surface area (Å²) in [4.78, 5) is 35.1. The molecule has 3 N–H and O–H groups in total. The number of carboxylic acids is 1. The topological polar surface area (TPSA) is 114 Å². The van der Waals surface area contributed by atoms with Crippen LogP contribution in [0.3, 0.4) is 0 Å². The lowest BCUT2D eigenvalue weighted by Gasteiger charge is -2.21. The van der Waals surface area contributed by atoms with E-state index in [0.29, 0.717) is 0 Å². The molecular formula is C23H22F2N2O6. The Morgan fingerprint density at radius 3 is 2.27 bits per heavy atom. The Labute approximate surface area is 187 Å². The molecule has 33 heavy (non-hydrogen) atoms. The highest BCUT2D eigenvalue weighted by Gasteiger charge is 2.42. The minimum atomic E-state index is -4.11. The van der Waals surface area contributed by atoms with Crippen molar-refractivity contribution in [3.63, 3.8) is 0 Å². The molecule has 2 aromatic rings. The number of benzene rings is 2. The number of ether oxygens (including phenoxy) is 2. The van der Waals surface area contributed by atoms with E-state index >= 15 is 0 Å². The van der Waals surface area contributed by atoms with E-state index in [4.69, 9.17) is 14.6 Å². The zero-order valence-electron chi connectivity index (χ0n) is 17.4. The summed E-state index contributed by atoms with van der Waals surface area (Å²) in [6, 6.07) is 14.9. The number of hydrogen-bond acceptors (Lipinski definition) is 5. The van der Waals surface area contributed by atoms with E-state index in [1.807, 2.05) is 53.8 Å². The zero-order valence-corrected chi connectivity index (χ0v) is 17.4. The maximum absolute atomic E-state index is 13.2. The Morgan fingerprint density at radius 2 is 1.67 bits per heavy atom. The highest BCUT2D eigenvalue weighted by molar-refractivity contribution is 5.84. The number of alkyl carbamates (subject to hydrolysis) is 1. The van der Waals surface area contributed by atoms with Crippen molar-refractivity contribution in [1.82, 2.24) is 10.6 Å². The highest BCUT2D eigenvalue weighted by atomic mass is 19.3. The molecule has 10 heteroatoms. The molecule has 0 aromatic heterocycles. The first-order chi connectivity index (χ1) is 15.8. The van der Waals surface area contributed by atoms with E-state index < -0.39 is 42.6 Å². The van der Waals surface area contributed by atoms with Gasteiger partial charge in [0.05, 0.1) is 12.6 Å². The molecule has 0 saturated carbocycles. The number of aliphatic carboxylic acids is 1. The maximum atomic E-state index is 13.2. The van der Waals surface area contributed by atoms with Gasteiger partial charge < -0.3 is 25.2 Å². The van der Waals surface area contributed by atoms with E-state index in [1.165, 1.54) is 0 Å². The van der Waals surface area contributed by atoms with Crippen LogP contribution in [0.5, 0.6) is 0 Å². The van der Waals surface area contributed by atoms with Crippen LogP contribution < -0.4 is 10.6 Å². The largest absolute Gasteiger partial charge is 0.477 e. The first-order valence-electron chi connectivity index (χ1n) is 10.4. The molecule has 2 atom stereocenters. The molecule has 174 valence electrons. The van der Waals surface area contributed by atoms with Gasteiger partial charge in [-0.15, -0.1) is 0 Å². The second-order valence-corrected chi connectivity index (χ2v) is 7.88. The molecule has 2 aliphatic rings. The van der Waals surface area contributed by atoms with Crippen LogP contribution in [0, 0.1) is 0 Å². The molecule has 0 radical (unpaired) electrons. The van der Waals surface area contributed by atoms with Gasteiger partial charge in [-0.25, -0.2) is 9.59 Å². The van der Waals surface area contributed by atoms with Crippen molar-refractivity contribution in [3.05, 3.63) is 59.7 Å². The summed E-state index contributed by atoms with van der Waals surface area (Å²) in [7, 11) is 0. The molecule has 1 fully saturated rings. The summed E-state index contributed by atoms with van der Waals surface area (Å²) in [5, 5.41) is 12.9. The number of carbonyl (C=O) groups is 3. The lowest BCUT2D eigenvalue weighted by atomic mass is 9.98. The average molecular weight is 460 g/mol. The molecular weight excluding hydrogens is 438 g/mol. The minimum absolute atomic E-state index is 0.0785. The molecule has 0 unspecified atom stereocenters. The normalized spacial score (nSPS) is 19.5. The van der Waals surface area contributed by atoms with Gasteiger partial charge >= 0.3 is 18.0 Å². The van der Waals surface area contributed by atoms with Crippen molar-refractivity contribution in [2.45, 2.75) is 30.4 Å². The number of hydrogen-bond donors (Lipinski definition) is 3. The fourth-order valence-electron chi connectivity index (χ4n) is 4.16. The molecule has 1 heterocycles. The van der Waals surface area contributed by atoms with Crippen LogP contribution in [-0.4, -0.2) is 60.9 Å². The van der Waals surface area contributed by atoms with Gasteiger partial charge in [-0.3, -0.25) is 4.79 Å². The Morgan fingerprint density at radius 1 is 1.06 bits per heavy atom. The fraction of sp³-hybridized carbons (Fsp3) is 0.348. The van der Waals surface area contributed by atoms with Crippen LogP contribution in [0.2, 0.25) is 0 Å². The van der Waals surface area contributed by atoms with Crippen LogP contribution in [-0.2, 0) is 19.1 Å². The molecule has 2 aromatic carbocycles. The summed E-state index contributed by atoms with van der Waals surface area (Å²) < 4.78 is 37.1.